The second kappa shape index (κ2) is 6.06. The predicted molar refractivity (Wildman–Crippen MR) is 73.1 cm³/mol. The van der Waals surface area contributed by atoms with E-state index in [1.54, 1.807) is 23.4 Å². The summed E-state index contributed by atoms with van der Waals surface area (Å²) in [6.07, 6.45) is 5.20. The van der Waals surface area contributed by atoms with E-state index >= 15 is 0 Å². The molecule has 1 aromatic heterocycles. The molecule has 1 fully saturated rings. The van der Waals surface area contributed by atoms with Crippen LogP contribution in [0.2, 0.25) is 0 Å². The van der Waals surface area contributed by atoms with E-state index < -0.39 is 11.9 Å². The van der Waals surface area contributed by atoms with Crippen molar-refractivity contribution in [2.24, 2.45) is 5.92 Å². The Morgan fingerprint density at radius 3 is 2.89 bits per heavy atom. The number of thioether (sulfide) groups is 1. The molecule has 0 unspecified atom stereocenters. The molecule has 6 heteroatoms. The minimum absolute atomic E-state index is 0.00476. The lowest BCUT2D eigenvalue weighted by Crippen LogP contribution is -2.31. The van der Waals surface area contributed by atoms with Crippen molar-refractivity contribution < 1.29 is 14.7 Å². The third-order valence-corrected chi connectivity index (χ3v) is 3.91. The van der Waals surface area contributed by atoms with Gasteiger partial charge in [0, 0.05) is 31.4 Å². The van der Waals surface area contributed by atoms with Gasteiger partial charge in [0.2, 0.25) is 5.91 Å². The molecule has 1 aromatic rings. The fraction of sp³-hybridized carbons (Fsp3) is 0.462. The lowest BCUT2D eigenvalue weighted by atomic mass is 9.90. The van der Waals surface area contributed by atoms with Gasteiger partial charge < -0.3 is 10.0 Å². The maximum absolute atomic E-state index is 11.9. The minimum atomic E-state index is -0.853. The molecular weight excluding hydrogens is 264 g/mol. The first-order valence-corrected chi connectivity index (χ1v) is 7.42. The van der Waals surface area contributed by atoms with E-state index in [0.29, 0.717) is 12.3 Å². The van der Waals surface area contributed by atoms with E-state index in [1.807, 2.05) is 12.3 Å². The summed E-state index contributed by atoms with van der Waals surface area (Å²) in [6, 6.07) is 3.66. The smallest absolute Gasteiger partial charge is 0.308 e. The highest BCUT2D eigenvalue weighted by Gasteiger charge is 2.40. The van der Waals surface area contributed by atoms with Crippen LogP contribution in [0.3, 0.4) is 0 Å². The maximum Gasteiger partial charge on any atom is 0.308 e. The Balaban J connectivity index is 2.18. The number of hydrogen-bond acceptors (Lipinski definition) is 4. The molecule has 0 radical (unpaired) electrons. The van der Waals surface area contributed by atoms with Crippen LogP contribution < -0.4 is 0 Å². The number of rotatable bonds is 4. The van der Waals surface area contributed by atoms with Crippen LogP contribution in [0, 0.1) is 5.92 Å². The molecule has 1 aliphatic rings. The number of aliphatic carboxylic acids is 1. The summed E-state index contributed by atoms with van der Waals surface area (Å²) in [5.74, 6) is -1.17. The highest BCUT2D eigenvalue weighted by molar-refractivity contribution is 7.99. The van der Waals surface area contributed by atoms with Gasteiger partial charge in [-0.05, 0) is 17.9 Å². The first-order chi connectivity index (χ1) is 9.13. The number of carbonyl (C=O) groups excluding carboxylic acids is 1. The monoisotopic (exact) mass is 280 g/mol. The van der Waals surface area contributed by atoms with Crippen LogP contribution in [-0.2, 0) is 9.59 Å². The van der Waals surface area contributed by atoms with E-state index in [1.165, 1.54) is 11.8 Å². The minimum Gasteiger partial charge on any atom is -0.481 e. The fourth-order valence-corrected chi connectivity index (χ4v) is 2.84. The Morgan fingerprint density at radius 2 is 2.32 bits per heavy atom. The molecule has 2 heterocycles. The maximum atomic E-state index is 11.9. The van der Waals surface area contributed by atoms with Gasteiger partial charge in [-0.3, -0.25) is 14.6 Å². The molecule has 5 nitrogen and oxygen atoms in total. The molecule has 0 saturated carbocycles. The number of pyridine rings is 1. The molecule has 1 N–H and O–H groups in total. The first-order valence-electron chi connectivity index (χ1n) is 6.03. The van der Waals surface area contributed by atoms with Crippen molar-refractivity contribution in [3.05, 3.63) is 30.1 Å². The summed E-state index contributed by atoms with van der Waals surface area (Å²) in [4.78, 5) is 28.9. The molecule has 2 rings (SSSR count). The Labute approximate surface area is 116 Å². The van der Waals surface area contributed by atoms with E-state index in [9.17, 15) is 14.7 Å². The largest absolute Gasteiger partial charge is 0.481 e. The standard InChI is InChI=1S/C13H16N2O3S/c1-19-8-12(16)15-6-10(11(7-15)13(17)18)9-3-2-4-14-5-9/h2-5,10-11H,6-8H2,1H3,(H,17,18)/t10-,11+/m0/s1. The van der Waals surface area contributed by atoms with E-state index in [-0.39, 0.29) is 18.4 Å². The summed E-state index contributed by atoms with van der Waals surface area (Å²) < 4.78 is 0. The van der Waals surface area contributed by atoms with Gasteiger partial charge in [0.1, 0.15) is 0 Å². The lowest BCUT2D eigenvalue weighted by Gasteiger charge is -2.15. The summed E-state index contributed by atoms with van der Waals surface area (Å²) in [5.41, 5.74) is 0.884. The van der Waals surface area contributed by atoms with Crippen molar-refractivity contribution in [3.63, 3.8) is 0 Å². The van der Waals surface area contributed by atoms with Crippen molar-refractivity contribution in [3.8, 4) is 0 Å². The van der Waals surface area contributed by atoms with Crippen LogP contribution in [0.4, 0.5) is 0 Å². The van der Waals surface area contributed by atoms with Crippen molar-refractivity contribution in [2.75, 3.05) is 25.1 Å². The number of hydrogen-bond donors (Lipinski definition) is 1. The quantitative estimate of drug-likeness (QED) is 0.893. The number of amides is 1. The van der Waals surface area contributed by atoms with Gasteiger partial charge in [0.15, 0.2) is 0 Å². The summed E-state index contributed by atoms with van der Waals surface area (Å²) in [5, 5.41) is 9.31. The van der Waals surface area contributed by atoms with Crippen LogP contribution in [-0.4, -0.2) is 52.0 Å². The normalized spacial score (nSPS) is 22.5. The Bertz CT molecular complexity index is 466. The highest BCUT2D eigenvalue weighted by atomic mass is 32.2. The third kappa shape index (κ3) is 3.07. The van der Waals surface area contributed by atoms with Gasteiger partial charge in [-0.25, -0.2) is 0 Å². The first kappa shape index (κ1) is 13.9. The van der Waals surface area contributed by atoms with E-state index in [2.05, 4.69) is 4.98 Å². The highest BCUT2D eigenvalue weighted by Crippen LogP contribution is 2.32. The molecule has 0 aromatic carbocycles. The molecule has 1 aliphatic heterocycles. The summed E-state index contributed by atoms with van der Waals surface area (Å²) in [6.45, 7) is 0.746. The number of aromatic nitrogens is 1. The van der Waals surface area contributed by atoms with E-state index in [0.717, 1.165) is 5.56 Å². The van der Waals surface area contributed by atoms with Crippen LogP contribution in [0.5, 0.6) is 0 Å². The topological polar surface area (TPSA) is 70.5 Å². The van der Waals surface area contributed by atoms with Crippen molar-refractivity contribution in [1.82, 2.24) is 9.88 Å². The zero-order valence-electron chi connectivity index (χ0n) is 10.7. The van der Waals surface area contributed by atoms with Crippen molar-refractivity contribution >= 4 is 23.6 Å². The average molecular weight is 280 g/mol. The Morgan fingerprint density at radius 1 is 1.53 bits per heavy atom. The molecule has 19 heavy (non-hydrogen) atoms. The number of likely N-dealkylation sites (tertiary alicyclic amines) is 1. The summed E-state index contributed by atoms with van der Waals surface area (Å²) >= 11 is 1.45. The fourth-order valence-electron chi connectivity index (χ4n) is 2.41. The Hall–Kier alpha value is -1.56. The van der Waals surface area contributed by atoms with Gasteiger partial charge in [-0.15, -0.1) is 0 Å². The van der Waals surface area contributed by atoms with Crippen LogP contribution >= 0.6 is 11.8 Å². The van der Waals surface area contributed by atoms with Crippen molar-refractivity contribution in [1.29, 1.82) is 0 Å². The molecule has 102 valence electrons. The zero-order valence-corrected chi connectivity index (χ0v) is 11.5. The molecule has 0 bridgehead atoms. The number of nitrogens with zero attached hydrogens (tertiary/aromatic N) is 2. The lowest BCUT2D eigenvalue weighted by molar-refractivity contribution is -0.141. The van der Waals surface area contributed by atoms with Crippen LogP contribution in [0.25, 0.3) is 0 Å². The van der Waals surface area contributed by atoms with Gasteiger partial charge in [0.05, 0.1) is 11.7 Å². The molecular formula is C13H16N2O3S. The summed E-state index contributed by atoms with van der Waals surface area (Å²) in [7, 11) is 0. The van der Waals surface area contributed by atoms with E-state index in [4.69, 9.17) is 0 Å². The van der Waals surface area contributed by atoms with Crippen LogP contribution in [0.15, 0.2) is 24.5 Å². The molecule has 1 saturated heterocycles. The zero-order chi connectivity index (χ0) is 13.8. The molecule has 2 atom stereocenters. The predicted octanol–water partition coefficient (Wildman–Crippen LogP) is 1.07. The molecule has 0 spiro atoms. The Kier molecular flexibility index (Phi) is 4.42. The number of carboxylic acids is 1. The van der Waals surface area contributed by atoms with Gasteiger partial charge >= 0.3 is 5.97 Å². The number of carboxylic acid groups (broad SMARTS) is 1. The second-order valence-corrected chi connectivity index (χ2v) is 5.44. The second-order valence-electron chi connectivity index (χ2n) is 4.57. The third-order valence-electron chi connectivity index (χ3n) is 3.37. The van der Waals surface area contributed by atoms with Crippen LogP contribution in [0.1, 0.15) is 11.5 Å². The van der Waals surface area contributed by atoms with Crippen molar-refractivity contribution in [2.45, 2.75) is 5.92 Å². The number of carbonyl (C=O) groups is 2. The van der Waals surface area contributed by atoms with Gasteiger partial charge in [-0.1, -0.05) is 6.07 Å². The SMILES string of the molecule is CSCC(=O)N1C[C@@H](C(=O)O)[C@H](c2cccnc2)C1. The van der Waals surface area contributed by atoms with Gasteiger partial charge in [0.25, 0.3) is 0 Å². The average Bonchev–Trinajstić information content (AvgIpc) is 2.85. The molecule has 1 amide bonds. The van der Waals surface area contributed by atoms with Gasteiger partial charge in [-0.2, -0.15) is 11.8 Å². The molecule has 0 aliphatic carbocycles.